The summed E-state index contributed by atoms with van der Waals surface area (Å²) in [6, 6.07) is 6.80. The van der Waals surface area contributed by atoms with Crippen molar-refractivity contribution in [2.45, 2.75) is 25.0 Å². The molecule has 1 fully saturated rings. The van der Waals surface area contributed by atoms with E-state index in [0.717, 1.165) is 0 Å². The smallest absolute Gasteiger partial charge is 0.303 e. The molecule has 2 rings (SSSR count). The molecule has 4 nitrogen and oxygen atoms in total. The summed E-state index contributed by atoms with van der Waals surface area (Å²) in [4.78, 5) is 10.7. The van der Waals surface area contributed by atoms with Gasteiger partial charge in [-0.05, 0) is 29.9 Å². The van der Waals surface area contributed by atoms with Crippen LogP contribution in [0.5, 0.6) is 0 Å². The van der Waals surface area contributed by atoms with Crippen molar-refractivity contribution < 1.29 is 18.3 Å². The zero-order valence-electron chi connectivity index (χ0n) is 10.3. The Morgan fingerprint density at radius 2 is 1.95 bits per heavy atom. The van der Waals surface area contributed by atoms with Crippen molar-refractivity contribution in [3.05, 3.63) is 34.9 Å². The Bertz CT molecular complexity index is 590. The van der Waals surface area contributed by atoms with Crippen molar-refractivity contribution >= 4 is 27.4 Å². The van der Waals surface area contributed by atoms with E-state index in [1.807, 2.05) is 0 Å². The molecule has 19 heavy (non-hydrogen) atoms. The molecule has 1 aromatic carbocycles. The first-order valence-corrected chi connectivity index (χ1v) is 8.18. The number of sulfone groups is 1. The zero-order chi connectivity index (χ0) is 14.1. The fraction of sp³-hybridized carbons (Fsp3) is 0.462. The highest BCUT2D eigenvalue weighted by Crippen LogP contribution is 2.50. The average molecular weight is 303 g/mol. The van der Waals surface area contributed by atoms with Crippen LogP contribution in [0.4, 0.5) is 0 Å². The van der Waals surface area contributed by atoms with Gasteiger partial charge in [-0.25, -0.2) is 8.42 Å². The molecule has 1 aromatic rings. The fourth-order valence-electron chi connectivity index (χ4n) is 2.24. The first-order valence-electron chi connectivity index (χ1n) is 5.98. The highest BCUT2D eigenvalue weighted by molar-refractivity contribution is 7.90. The molecule has 1 saturated carbocycles. The number of aliphatic carboxylic acids is 1. The van der Waals surface area contributed by atoms with Crippen LogP contribution in [0.15, 0.2) is 24.3 Å². The maximum absolute atomic E-state index is 12.1. The Morgan fingerprint density at radius 1 is 1.32 bits per heavy atom. The predicted molar refractivity (Wildman–Crippen MR) is 72.9 cm³/mol. The van der Waals surface area contributed by atoms with Crippen molar-refractivity contribution in [1.29, 1.82) is 0 Å². The van der Waals surface area contributed by atoms with Gasteiger partial charge in [0, 0.05) is 5.02 Å². The monoisotopic (exact) mass is 302 g/mol. The third kappa shape index (κ3) is 3.94. The maximum atomic E-state index is 12.1. The van der Waals surface area contributed by atoms with Gasteiger partial charge in [0.05, 0.1) is 17.9 Å². The van der Waals surface area contributed by atoms with Gasteiger partial charge in [0.2, 0.25) is 0 Å². The van der Waals surface area contributed by atoms with Crippen LogP contribution in [0.3, 0.4) is 0 Å². The molecule has 6 heteroatoms. The van der Waals surface area contributed by atoms with Gasteiger partial charge in [-0.15, -0.1) is 0 Å². The summed E-state index contributed by atoms with van der Waals surface area (Å²) in [7, 11) is -3.35. The minimum Gasteiger partial charge on any atom is -0.481 e. The average Bonchev–Trinajstić information content (AvgIpc) is 2.98. The van der Waals surface area contributed by atoms with Crippen LogP contribution >= 0.6 is 11.6 Å². The van der Waals surface area contributed by atoms with Crippen molar-refractivity contribution in [3.63, 3.8) is 0 Å². The van der Waals surface area contributed by atoms with E-state index in [9.17, 15) is 13.2 Å². The summed E-state index contributed by atoms with van der Waals surface area (Å²) in [6.07, 6.45) is 1.26. The first kappa shape index (κ1) is 14.3. The number of carboxylic acids is 1. The normalized spacial score (nSPS) is 17.1. The minimum absolute atomic E-state index is 0.0719. The number of carboxylic acid groups (broad SMARTS) is 1. The van der Waals surface area contributed by atoms with E-state index in [1.165, 1.54) is 0 Å². The van der Waals surface area contributed by atoms with Crippen LogP contribution in [0.2, 0.25) is 5.02 Å². The summed E-state index contributed by atoms with van der Waals surface area (Å²) < 4.78 is 24.3. The highest BCUT2D eigenvalue weighted by atomic mass is 35.5. The second-order valence-corrected chi connectivity index (χ2v) is 7.67. The van der Waals surface area contributed by atoms with Crippen molar-refractivity contribution in [2.24, 2.45) is 5.41 Å². The second-order valence-electron chi connectivity index (χ2n) is 5.19. The Kier molecular flexibility index (Phi) is 3.87. The maximum Gasteiger partial charge on any atom is 0.303 e. The van der Waals surface area contributed by atoms with Crippen molar-refractivity contribution in [3.8, 4) is 0 Å². The molecule has 0 unspecified atom stereocenters. The van der Waals surface area contributed by atoms with Crippen LogP contribution in [0.1, 0.15) is 24.8 Å². The lowest BCUT2D eigenvalue weighted by Crippen LogP contribution is -2.21. The first-order chi connectivity index (χ1) is 8.82. The number of halogens is 1. The number of rotatable bonds is 6. The number of hydrogen-bond acceptors (Lipinski definition) is 3. The molecule has 1 aliphatic rings. The fourth-order valence-corrected chi connectivity index (χ4v) is 4.67. The van der Waals surface area contributed by atoms with Gasteiger partial charge in [0.15, 0.2) is 9.84 Å². The number of carbonyl (C=O) groups is 1. The van der Waals surface area contributed by atoms with E-state index in [-0.39, 0.29) is 17.9 Å². The molecule has 0 aromatic heterocycles. The third-order valence-corrected chi connectivity index (χ3v) is 5.51. The molecule has 0 heterocycles. The van der Waals surface area contributed by atoms with E-state index in [1.54, 1.807) is 24.3 Å². The topological polar surface area (TPSA) is 71.4 Å². The van der Waals surface area contributed by atoms with Gasteiger partial charge in [0.25, 0.3) is 0 Å². The Hall–Kier alpha value is -1.07. The summed E-state index contributed by atoms with van der Waals surface area (Å²) in [5.74, 6) is -1.14. The molecule has 0 atom stereocenters. The van der Waals surface area contributed by atoms with E-state index < -0.39 is 21.2 Å². The lowest BCUT2D eigenvalue weighted by Gasteiger charge is -2.13. The van der Waals surface area contributed by atoms with Gasteiger partial charge in [0.1, 0.15) is 0 Å². The Labute approximate surface area is 117 Å². The lowest BCUT2D eigenvalue weighted by molar-refractivity contribution is -0.138. The molecule has 0 amide bonds. The summed E-state index contributed by atoms with van der Waals surface area (Å²) >= 11 is 5.94. The molecule has 0 spiro atoms. The van der Waals surface area contributed by atoms with Crippen LogP contribution in [-0.4, -0.2) is 25.2 Å². The van der Waals surface area contributed by atoms with E-state index in [0.29, 0.717) is 23.4 Å². The van der Waals surface area contributed by atoms with E-state index in [4.69, 9.17) is 16.7 Å². The van der Waals surface area contributed by atoms with Crippen LogP contribution < -0.4 is 0 Å². The minimum atomic E-state index is -3.35. The SMILES string of the molecule is O=C(O)CC1(CS(=O)(=O)Cc2ccccc2Cl)CC1. The summed E-state index contributed by atoms with van der Waals surface area (Å²) in [5, 5.41) is 9.23. The largest absolute Gasteiger partial charge is 0.481 e. The molecule has 104 valence electrons. The van der Waals surface area contributed by atoms with Gasteiger partial charge in [-0.3, -0.25) is 4.79 Å². The molecular formula is C13H15ClO4S. The van der Waals surface area contributed by atoms with Crippen LogP contribution in [-0.2, 0) is 20.4 Å². The molecule has 0 bridgehead atoms. The number of hydrogen-bond donors (Lipinski definition) is 1. The van der Waals surface area contributed by atoms with Gasteiger partial charge < -0.3 is 5.11 Å². The van der Waals surface area contributed by atoms with Crippen molar-refractivity contribution in [1.82, 2.24) is 0 Å². The lowest BCUT2D eigenvalue weighted by atomic mass is 10.1. The van der Waals surface area contributed by atoms with Crippen molar-refractivity contribution in [2.75, 3.05) is 5.75 Å². The number of benzene rings is 1. The zero-order valence-corrected chi connectivity index (χ0v) is 11.9. The van der Waals surface area contributed by atoms with Crippen LogP contribution in [0.25, 0.3) is 0 Å². The van der Waals surface area contributed by atoms with Gasteiger partial charge in [-0.2, -0.15) is 0 Å². The second kappa shape index (κ2) is 5.13. The molecule has 0 saturated heterocycles. The molecule has 0 radical (unpaired) electrons. The molecule has 1 aliphatic carbocycles. The predicted octanol–water partition coefficient (Wildman–Crippen LogP) is 2.51. The standard InChI is InChI=1S/C13H15ClO4S/c14-11-4-2-1-3-10(11)8-19(17,18)9-13(5-6-13)7-12(15)16/h1-4H,5-9H2,(H,15,16). The van der Waals surface area contributed by atoms with E-state index in [2.05, 4.69) is 0 Å². The summed E-state index contributed by atoms with van der Waals surface area (Å²) in [6.45, 7) is 0. The molecule has 1 N–H and O–H groups in total. The van der Waals surface area contributed by atoms with E-state index >= 15 is 0 Å². The third-order valence-electron chi connectivity index (χ3n) is 3.34. The molecule has 0 aliphatic heterocycles. The van der Waals surface area contributed by atoms with Gasteiger partial charge >= 0.3 is 5.97 Å². The van der Waals surface area contributed by atoms with Crippen LogP contribution in [0, 0.1) is 5.41 Å². The quantitative estimate of drug-likeness (QED) is 0.876. The Balaban J connectivity index is 2.08. The summed E-state index contributed by atoms with van der Waals surface area (Å²) in [5.41, 5.74) is 0.0154. The van der Waals surface area contributed by atoms with Gasteiger partial charge in [-0.1, -0.05) is 29.8 Å². The molecular weight excluding hydrogens is 288 g/mol. The Morgan fingerprint density at radius 3 is 2.47 bits per heavy atom. The highest BCUT2D eigenvalue weighted by Gasteiger charge is 2.47.